The van der Waals surface area contributed by atoms with Gasteiger partial charge in [-0.3, -0.25) is 0 Å². The van der Waals surface area contributed by atoms with Gasteiger partial charge in [-0.2, -0.15) is 0 Å². The molecule has 1 atom stereocenters. The van der Waals surface area contributed by atoms with Crippen LogP contribution >= 0.6 is 0 Å². The fourth-order valence-corrected chi connectivity index (χ4v) is 4.92. The smallest absolute Gasteiger partial charge is 0.178 e. The van der Waals surface area contributed by atoms with Crippen LogP contribution in [0.1, 0.15) is 27.8 Å². The number of nitrogens with zero attached hydrogens (tertiary/aromatic N) is 1. The van der Waals surface area contributed by atoms with Gasteiger partial charge in [-0.05, 0) is 73.5 Å². The van der Waals surface area contributed by atoms with Crippen molar-refractivity contribution in [2.45, 2.75) is 19.4 Å². The maximum atomic E-state index is 7.12. The van der Waals surface area contributed by atoms with Crippen LogP contribution in [0.5, 0.6) is 17.2 Å². The van der Waals surface area contributed by atoms with Crippen LogP contribution in [-0.4, -0.2) is 28.3 Å². The Kier molecular flexibility index (Phi) is 5.68. The zero-order valence-electron chi connectivity index (χ0n) is 21.2. The first-order valence-corrected chi connectivity index (χ1v) is 11.8. The minimum absolute atomic E-state index is 0.790. The minimum atomic E-state index is -0.790. The van der Waals surface area contributed by atoms with E-state index in [9.17, 15) is 0 Å². The zero-order chi connectivity index (χ0) is 24.7. The van der Waals surface area contributed by atoms with Gasteiger partial charge in [-0.15, -0.1) is 0 Å². The van der Waals surface area contributed by atoms with Crippen LogP contribution in [0.15, 0.2) is 72.8 Å². The molecule has 1 heterocycles. The molecule has 4 aromatic rings. The number of benzene rings is 4. The lowest BCUT2D eigenvalue weighted by Crippen LogP contribution is -2.34. The van der Waals surface area contributed by atoms with Gasteiger partial charge in [-0.25, -0.2) is 0 Å². The second-order valence-corrected chi connectivity index (χ2v) is 9.34. The quantitative estimate of drug-likeness (QED) is 0.321. The van der Waals surface area contributed by atoms with Gasteiger partial charge in [0.1, 0.15) is 17.2 Å². The number of anilines is 1. The van der Waals surface area contributed by atoms with Crippen LogP contribution in [0.4, 0.5) is 5.69 Å². The van der Waals surface area contributed by atoms with Crippen molar-refractivity contribution >= 4 is 22.5 Å². The van der Waals surface area contributed by atoms with E-state index in [1.807, 2.05) is 26.2 Å². The van der Waals surface area contributed by atoms with Crippen molar-refractivity contribution in [1.82, 2.24) is 0 Å². The Labute approximate surface area is 207 Å². The van der Waals surface area contributed by atoms with Crippen LogP contribution in [0.2, 0.25) is 0 Å². The predicted molar refractivity (Wildman–Crippen MR) is 144 cm³/mol. The Morgan fingerprint density at radius 1 is 0.771 bits per heavy atom. The number of fused-ring (bicyclic) bond motifs is 3. The number of aryl methyl sites for hydroxylation is 2. The van der Waals surface area contributed by atoms with Crippen LogP contribution in [-0.2, 0) is 5.60 Å². The molecule has 0 N–H and O–H groups in total. The second kappa shape index (κ2) is 8.70. The number of methoxy groups -OCH3 is 2. The third kappa shape index (κ3) is 3.79. The Morgan fingerprint density at radius 2 is 1.43 bits per heavy atom. The van der Waals surface area contributed by atoms with Crippen LogP contribution in [0.25, 0.3) is 16.8 Å². The van der Waals surface area contributed by atoms with E-state index < -0.39 is 5.60 Å². The van der Waals surface area contributed by atoms with Gasteiger partial charge in [0.2, 0.25) is 0 Å². The second-order valence-electron chi connectivity index (χ2n) is 9.34. The fourth-order valence-electron chi connectivity index (χ4n) is 4.92. The molecule has 1 aliphatic rings. The number of ether oxygens (including phenoxy) is 3. The summed E-state index contributed by atoms with van der Waals surface area (Å²) >= 11 is 0. The molecule has 0 aromatic heterocycles. The summed E-state index contributed by atoms with van der Waals surface area (Å²) in [6.45, 7) is 4.21. The van der Waals surface area contributed by atoms with E-state index in [2.05, 4.69) is 85.5 Å². The van der Waals surface area contributed by atoms with Gasteiger partial charge in [0, 0.05) is 47.2 Å². The minimum Gasteiger partial charge on any atom is -0.497 e. The molecule has 0 saturated carbocycles. The Hall–Kier alpha value is -3.92. The van der Waals surface area contributed by atoms with Crippen LogP contribution < -0.4 is 19.1 Å². The zero-order valence-corrected chi connectivity index (χ0v) is 21.2. The third-order valence-corrected chi connectivity index (χ3v) is 6.86. The Balaban J connectivity index is 1.77. The monoisotopic (exact) mass is 465 g/mol. The molecule has 0 aliphatic carbocycles. The van der Waals surface area contributed by atoms with E-state index in [0.29, 0.717) is 0 Å². The van der Waals surface area contributed by atoms with Crippen molar-refractivity contribution in [3.63, 3.8) is 0 Å². The average Bonchev–Trinajstić information content (AvgIpc) is 2.88. The highest BCUT2D eigenvalue weighted by atomic mass is 16.5. The number of hydrogen-bond acceptors (Lipinski definition) is 4. The first-order valence-electron chi connectivity index (χ1n) is 11.8. The van der Waals surface area contributed by atoms with Crippen molar-refractivity contribution in [3.8, 4) is 17.2 Å². The summed E-state index contributed by atoms with van der Waals surface area (Å²) < 4.78 is 18.3. The summed E-state index contributed by atoms with van der Waals surface area (Å²) in [5, 5.41) is 2.10. The molecule has 4 heteroatoms. The van der Waals surface area contributed by atoms with Gasteiger partial charge in [0.15, 0.2) is 5.60 Å². The normalized spacial score (nSPS) is 16.5. The van der Waals surface area contributed by atoms with Gasteiger partial charge in [-0.1, -0.05) is 30.3 Å². The molecular formula is C31H31NO3. The van der Waals surface area contributed by atoms with Crippen molar-refractivity contribution in [3.05, 3.63) is 101 Å². The molecule has 5 rings (SSSR count). The molecular weight excluding hydrogens is 434 g/mol. The lowest BCUT2D eigenvalue weighted by molar-refractivity contribution is 0.163. The lowest BCUT2D eigenvalue weighted by Gasteiger charge is -2.37. The van der Waals surface area contributed by atoms with Gasteiger partial charge >= 0.3 is 0 Å². The standard InChI is InChI=1S/C31H31NO3/c1-20-17-28-27(29(18-20)34-6)19-21(2)26-15-16-31(35-30(26)28,23-9-13-25(33-5)14-10-23)22-7-11-24(12-8-22)32(3)4/h7-19H,1-6H3. The molecule has 0 radical (unpaired) electrons. The van der Waals surface area contributed by atoms with Gasteiger partial charge < -0.3 is 19.1 Å². The van der Waals surface area contributed by atoms with Crippen molar-refractivity contribution in [2.24, 2.45) is 0 Å². The summed E-state index contributed by atoms with van der Waals surface area (Å²) in [5.41, 5.74) is 5.82. The summed E-state index contributed by atoms with van der Waals surface area (Å²) in [4.78, 5) is 2.10. The van der Waals surface area contributed by atoms with E-state index in [1.165, 1.54) is 0 Å². The first kappa shape index (κ1) is 22.9. The van der Waals surface area contributed by atoms with E-state index in [4.69, 9.17) is 14.2 Å². The molecule has 1 unspecified atom stereocenters. The van der Waals surface area contributed by atoms with Crippen LogP contribution in [0.3, 0.4) is 0 Å². The van der Waals surface area contributed by atoms with Crippen LogP contribution in [0, 0.1) is 13.8 Å². The highest BCUT2D eigenvalue weighted by Gasteiger charge is 2.38. The number of rotatable bonds is 5. The largest absolute Gasteiger partial charge is 0.497 e. The average molecular weight is 466 g/mol. The molecule has 0 bridgehead atoms. The summed E-state index contributed by atoms with van der Waals surface area (Å²) in [6.07, 6.45) is 4.38. The van der Waals surface area contributed by atoms with Gasteiger partial charge in [0.05, 0.1) is 14.2 Å². The molecule has 4 nitrogen and oxygen atoms in total. The lowest BCUT2D eigenvalue weighted by atomic mass is 9.82. The predicted octanol–water partition coefficient (Wildman–Crippen LogP) is 6.89. The SMILES string of the molecule is COc1ccc(C2(c3ccc(N(C)C)cc3)C=Cc3c(C)cc4c(OC)cc(C)cc4c3O2)cc1. The topological polar surface area (TPSA) is 30.9 Å². The van der Waals surface area contributed by atoms with E-state index >= 15 is 0 Å². The third-order valence-electron chi connectivity index (χ3n) is 6.86. The molecule has 178 valence electrons. The fraction of sp³-hybridized carbons (Fsp3) is 0.226. The number of hydrogen-bond donors (Lipinski definition) is 0. The maximum absolute atomic E-state index is 7.12. The Morgan fingerprint density at radius 3 is 2.03 bits per heavy atom. The molecule has 0 spiro atoms. The molecule has 0 amide bonds. The highest BCUT2D eigenvalue weighted by molar-refractivity contribution is 5.98. The molecule has 0 fully saturated rings. The highest BCUT2D eigenvalue weighted by Crippen LogP contribution is 2.48. The maximum Gasteiger partial charge on any atom is 0.178 e. The summed E-state index contributed by atoms with van der Waals surface area (Å²) in [5.74, 6) is 2.54. The Bertz CT molecular complexity index is 1420. The van der Waals surface area contributed by atoms with E-state index in [1.54, 1.807) is 14.2 Å². The molecule has 0 saturated heterocycles. The van der Waals surface area contributed by atoms with Crippen molar-refractivity contribution in [2.75, 3.05) is 33.2 Å². The summed E-state index contributed by atoms with van der Waals surface area (Å²) in [7, 11) is 7.50. The summed E-state index contributed by atoms with van der Waals surface area (Å²) in [6, 6.07) is 23.1. The van der Waals surface area contributed by atoms with Gasteiger partial charge in [0.25, 0.3) is 0 Å². The first-order chi connectivity index (χ1) is 16.9. The van der Waals surface area contributed by atoms with E-state index in [0.717, 1.165) is 61.5 Å². The molecule has 35 heavy (non-hydrogen) atoms. The molecule has 1 aliphatic heterocycles. The van der Waals surface area contributed by atoms with E-state index in [-0.39, 0.29) is 0 Å². The molecule has 4 aromatic carbocycles. The van der Waals surface area contributed by atoms with Crippen molar-refractivity contribution < 1.29 is 14.2 Å². The van der Waals surface area contributed by atoms with Crippen molar-refractivity contribution in [1.29, 1.82) is 0 Å².